The summed E-state index contributed by atoms with van der Waals surface area (Å²) in [4.78, 5) is 0. The van der Waals surface area contributed by atoms with Gasteiger partial charge in [-0.2, -0.15) is 0 Å². The van der Waals surface area contributed by atoms with E-state index in [-0.39, 0.29) is 0 Å². The number of benzene rings is 1. The SMILES string of the molecule is Cc1cc(Br)c2oc(C(C)C)c(C)c2c1. The Balaban J connectivity index is 2.82. The number of hydrogen-bond donors (Lipinski definition) is 0. The maximum Gasteiger partial charge on any atom is 0.148 e. The van der Waals surface area contributed by atoms with E-state index in [4.69, 9.17) is 4.42 Å². The maximum atomic E-state index is 5.90. The molecule has 0 fully saturated rings. The molecule has 1 aromatic heterocycles. The Labute approximate surface area is 98.6 Å². The molecule has 0 N–H and O–H groups in total. The Morgan fingerprint density at radius 1 is 1.20 bits per heavy atom. The minimum absolute atomic E-state index is 0.435. The van der Waals surface area contributed by atoms with Crippen LogP contribution >= 0.6 is 15.9 Å². The molecule has 0 saturated carbocycles. The van der Waals surface area contributed by atoms with Crippen LogP contribution in [0.3, 0.4) is 0 Å². The second-order valence-electron chi connectivity index (χ2n) is 4.37. The molecule has 1 heterocycles. The Hall–Kier alpha value is -0.760. The van der Waals surface area contributed by atoms with Crippen molar-refractivity contribution < 1.29 is 4.42 Å². The average Bonchev–Trinajstić information content (AvgIpc) is 2.44. The molecule has 0 aliphatic carbocycles. The van der Waals surface area contributed by atoms with Crippen LogP contribution in [0.2, 0.25) is 0 Å². The first kappa shape index (κ1) is 10.7. The minimum Gasteiger partial charge on any atom is -0.459 e. The summed E-state index contributed by atoms with van der Waals surface area (Å²) in [6.07, 6.45) is 0. The van der Waals surface area contributed by atoms with Gasteiger partial charge in [-0.25, -0.2) is 0 Å². The van der Waals surface area contributed by atoms with Gasteiger partial charge in [0.05, 0.1) is 4.47 Å². The molecule has 0 radical (unpaired) electrons. The summed E-state index contributed by atoms with van der Waals surface area (Å²) in [6, 6.07) is 4.28. The predicted octanol–water partition coefficient (Wildman–Crippen LogP) is 4.94. The van der Waals surface area contributed by atoms with Crippen molar-refractivity contribution in [3.63, 3.8) is 0 Å². The highest BCUT2D eigenvalue weighted by Crippen LogP contribution is 2.35. The quantitative estimate of drug-likeness (QED) is 0.713. The fourth-order valence-electron chi connectivity index (χ4n) is 1.98. The van der Waals surface area contributed by atoms with Gasteiger partial charge in [0.15, 0.2) is 0 Å². The van der Waals surface area contributed by atoms with Crippen molar-refractivity contribution in [3.8, 4) is 0 Å². The van der Waals surface area contributed by atoms with Gasteiger partial charge in [-0.15, -0.1) is 0 Å². The number of furan rings is 1. The van der Waals surface area contributed by atoms with Crippen molar-refractivity contribution in [1.29, 1.82) is 0 Å². The monoisotopic (exact) mass is 266 g/mol. The zero-order chi connectivity index (χ0) is 11.2. The normalized spacial score (nSPS) is 11.6. The molecule has 1 nitrogen and oxygen atoms in total. The molecule has 0 aliphatic heterocycles. The second-order valence-corrected chi connectivity index (χ2v) is 5.22. The lowest BCUT2D eigenvalue weighted by molar-refractivity contribution is 0.516. The molecule has 0 unspecified atom stereocenters. The van der Waals surface area contributed by atoms with Gasteiger partial charge in [-0.1, -0.05) is 13.8 Å². The zero-order valence-corrected chi connectivity index (χ0v) is 11.1. The lowest BCUT2D eigenvalue weighted by Crippen LogP contribution is -1.85. The van der Waals surface area contributed by atoms with Crippen LogP contribution in [0.15, 0.2) is 21.0 Å². The highest BCUT2D eigenvalue weighted by molar-refractivity contribution is 9.10. The first-order valence-corrected chi connectivity index (χ1v) is 5.99. The number of aryl methyl sites for hydroxylation is 2. The standard InChI is InChI=1S/C13H15BrO/c1-7(2)12-9(4)10-5-8(3)6-11(14)13(10)15-12/h5-7H,1-4H3. The minimum atomic E-state index is 0.435. The zero-order valence-electron chi connectivity index (χ0n) is 9.52. The van der Waals surface area contributed by atoms with E-state index >= 15 is 0 Å². The van der Waals surface area contributed by atoms with Crippen LogP contribution in [0.4, 0.5) is 0 Å². The molecule has 15 heavy (non-hydrogen) atoms. The van der Waals surface area contributed by atoms with Crippen LogP contribution < -0.4 is 0 Å². The van der Waals surface area contributed by atoms with Gasteiger partial charge in [0.2, 0.25) is 0 Å². The van der Waals surface area contributed by atoms with Crippen LogP contribution in [0.25, 0.3) is 11.0 Å². The van der Waals surface area contributed by atoms with Crippen molar-refractivity contribution in [2.45, 2.75) is 33.6 Å². The number of halogens is 1. The van der Waals surface area contributed by atoms with E-state index in [1.807, 2.05) is 0 Å². The van der Waals surface area contributed by atoms with E-state index in [0.717, 1.165) is 15.8 Å². The van der Waals surface area contributed by atoms with Gasteiger partial charge in [-0.3, -0.25) is 0 Å². The van der Waals surface area contributed by atoms with Crippen molar-refractivity contribution >= 4 is 26.9 Å². The summed E-state index contributed by atoms with van der Waals surface area (Å²) in [7, 11) is 0. The molecule has 0 spiro atoms. The molecule has 0 saturated heterocycles. The van der Waals surface area contributed by atoms with E-state index in [1.54, 1.807) is 0 Å². The molecule has 2 rings (SSSR count). The first-order valence-electron chi connectivity index (χ1n) is 5.20. The number of hydrogen-bond acceptors (Lipinski definition) is 1. The summed E-state index contributed by atoms with van der Waals surface area (Å²) in [5, 5.41) is 1.23. The third-order valence-electron chi connectivity index (χ3n) is 2.70. The Kier molecular flexibility index (Phi) is 2.63. The van der Waals surface area contributed by atoms with Crippen LogP contribution in [-0.2, 0) is 0 Å². The van der Waals surface area contributed by atoms with Crippen molar-refractivity contribution in [2.75, 3.05) is 0 Å². The third-order valence-corrected chi connectivity index (χ3v) is 3.29. The molecule has 0 atom stereocenters. The van der Waals surface area contributed by atoms with E-state index in [1.165, 1.54) is 16.5 Å². The largest absolute Gasteiger partial charge is 0.459 e. The fourth-order valence-corrected chi connectivity index (χ4v) is 2.64. The maximum absolute atomic E-state index is 5.90. The summed E-state index contributed by atoms with van der Waals surface area (Å²) in [5.74, 6) is 1.53. The highest BCUT2D eigenvalue weighted by atomic mass is 79.9. The fraction of sp³-hybridized carbons (Fsp3) is 0.385. The molecule has 0 aliphatic rings. The summed E-state index contributed by atoms with van der Waals surface area (Å²) in [6.45, 7) is 8.55. The van der Waals surface area contributed by atoms with Gasteiger partial charge >= 0.3 is 0 Å². The van der Waals surface area contributed by atoms with E-state index < -0.39 is 0 Å². The van der Waals surface area contributed by atoms with Crippen LogP contribution in [0.5, 0.6) is 0 Å². The first-order chi connectivity index (χ1) is 7.00. The van der Waals surface area contributed by atoms with E-state index in [9.17, 15) is 0 Å². The molecule has 0 bridgehead atoms. The Morgan fingerprint density at radius 2 is 1.87 bits per heavy atom. The van der Waals surface area contributed by atoms with Crippen LogP contribution in [0, 0.1) is 13.8 Å². The van der Waals surface area contributed by atoms with Gasteiger partial charge < -0.3 is 4.42 Å². The van der Waals surface area contributed by atoms with E-state index in [2.05, 4.69) is 55.8 Å². The summed E-state index contributed by atoms with van der Waals surface area (Å²) < 4.78 is 6.95. The molecule has 80 valence electrons. The lowest BCUT2D eigenvalue weighted by atomic mass is 10.0. The topological polar surface area (TPSA) is 13.1 Å². The average molecular weight is 267 g/mol. The highest BCUT2D eigenvalue weighted by Gasteiger charge is 2.15. The predicted molar refractivity (Wildman–Crippen MR) is 67.5 cm³/mol. The molecular weight excluding hydrogens is 252 g/mol. The van der Waals surface area contributed by atoms with Gasteiger partial charge in [-0.05, 0) is 53.0 Å². The number of fused-ring (bicyclic) bond motifs is 1. The Morgan fingerprint density at radius 3 is 2.47 bits per heavy atom. The van der Waals surface area contributed by atoms with Gasteiger partial charge in [0.25, 0.3) is 0 Å². The third kappa shape index (κ3) is 1.71. The molecular formula is C13H15BrO. The summed E-state index contributed by atoms with van der Waals surface area (Å²) in [5.41, 5.74) is 3.50. The van der Waals surface area contributed by atoms with Crippen LogP contribution in [0.1, 0.15) is 36.7 Å². The summed E-state index contributed by atoms with van der Waals surface area (Å²) >= 11 is 3.55. The van der Waals surface area contributed by atoms with Gasteiger partial charge in [0.1, 0.15) is 11.3 Å². The number of rotatable bonds is 1. The van der Waals surface area contributed by atoms with Crippen LogP contribution in [-0.4, -0.2) is 0 Å². The molecule has 2 heteroatoms. The van der Waals surface area contributed by atoms with Crippen molar-refractivity contribution in [1.82, 2.24) is 0 Å². The molecule has 0 amide bonds. The van der Waals surface area contributed by atoms with Gasteiger partial charge in [0, 0.05) is 11.3 Å². The molecule has 2 aromatic rings. The van der Waals surface area contributed by atoms with E-state index in [0.29, 0.717) is 5.92 Å². The lowest BCUT2D eigenvalue weighted by Gasteiger charge is -1.99. The Bertz CT molecular complexity index is 509. The van der Waals surface area contributed by atoms with Crippen molar-refractivity contribution in [2.24, 2.45) is 0 Å². The smallest absolute Gasteiger partial charge is 0.148 e. The second kappa shape index (κ2) is 3.67. The molecule has 1 aromatic carbocycles. The van der Waals surface area contributed by atoms with Crippen molar-refractivity contribution in [3.05, 3.63) is 33.5 Å².